The van der Waals surface area contributed by atoms with E-state index in [-0.39, 0.29) is 30.9 Å². The zero-order valence-electron chi connectivity index (χ0n) is 19.5. The molecule has 0 radical (unpaired) electrons. The minimum Gasteiger partial charge on any atom is -0.480 e. The van der Waals surface area contributed by atoms with Crippen molar-refractivity contribution in [1.29, 1.82) is 0 Å². The number of alkyl carbamates (subject to hydrolysis) is 1. The van der Waals surface area contributed by atoms with Gasteiger partial charge in [-0.3, -0.25) is 4.79 Å². The standard InChI is InChI=1S/C26H32N2O5/c1-15(2)21(24(29)28-23(16(3)4)25(30)31)13-27-26(32)33-14-22-19-11-7-5-9-17(19)18-10-6-8-12-20(18)22/h5-12,15-16,21-23H,13-14H2,1-4H3,(H,27,32)(H,28,29)(H,30,31)/t21?,23-/m0/s1. The summed E-state index contributed by atoms with van der Waals surface area (Å²) in [6.07, 6.45) is -0.603. The van der Waals surface area contributed by atoms with Crippen molar-refractivity contribution in [2.45, 2.75) is 39.7 Å². The average molecular weight is 453 g/mol. The summed E-state index contributed by atoms with van der Waals surface area (Å²) in [5.41, 5.74) is 4.55. The maximum atomic E-state index is 12.7. The number of aliphatic carboxylic acids is 1. The topological polar surface area (TPSA) is 105 Å². The Balaban J connectivity index is 1.59. The van der Waals surface area contributed by atoms with Gasteiger partial charge in [0.2, 0.25) is 5.91 Å². The van der Waals surface area contributed by atoms with Crippen LogP contribution in [0, 0.1) is 17.8 Å². The summed E-state index contributed by atoms with van der Waals surface area (Å²) in [7, 11) is 0. The molecule has 33 heavy (non-hydrogen) atoms. The summed E-state index contributed by atoms with van der Waals surface area (Å²) >= 11 is 0. The van der Waals surface area contributed by atoms with Crippen molar-refractivity contribution >= 4 is 18.0 Å². The van der Waals surface area contributed by atoms with Gasteiger partial charge in [-0.2, -0.15) is 0 Å². The van der Waals surface area contributed by atoms with Gasteiger partial charge in [0.25, 0.3) is 0 Å². The zero-order valence-corrected chi connectivity index (χ0v) is 19.5. The van der Waals surface area contributed by atoms with E-state index in [2.05, 4.69) is 22.8 Å². The molecular formula is C26H32N2O5. The van der Waals surface area contributed by atoms with Gasteiger partial charge >= 0.3 is 12.1 Å². The van der Waals surface area contributed by atoms with Crippen LogP contribution in [0.15, 0.2) is 48.5 Å². The molecule has 0 aliphatic heterocycles. The number of carboxylic acids is 1. The molecule has 0 saturated heterocycles. The number of fused-ring (bicyclic) bond motifs is 3. The van der Waals surface area contributed by atoms with E-state index in [0.29, 0.717) is 0 Å². The Morgan fingerprint density at radius 2 is 1.45 bits per heavy atom. The van der Waals surface area contributed by atoms with Gasteiger partial charge in [-0.05, 0) is 34.1 Å². The van der Waals surface area contributed by atoms with Crippen molar-refractivity contribution in [3.63, 3.8) is 0 Å². The third kappa shape index (κ3) is 5.53. The molecule has 0 bridgehead atoms. The highest BCUT2D eigenvalue weighted by Crippen LogP contribution is 2.44. The third-order valence-corrected chi connectivity index (χ3v) is 6.18. The molecule has 2 amide bonds. The van der Waals surface area contributed by atoms with E-state index in [1.54, 1.807) is 13.8 Å². The first kappa shape index (κ1) is 24.3. The predicted molar refractivity (Wildman–Crippen MR) is 126 cm³/mol. The first-order chi connectivity index (χ1) is 15.7. The van der Waals surface area contributed by atoms with Crippen molar-refractivity contribution in [2.24, 2.45) is 17.8 Å². The summed E-state index contributed by atoms with van der Waals surface area (Å²) in [5.74, 6) is -2.45. The molecule has 7 nitrogen and oxygen atoms in total. The van der Waals surface area contributed by atoms with E-state index >= 15 is 0 Å². The Bertz CT molecular complexity index is 972. The van der Waals surface area contributed by atoms with Crippen molar-refractivity contribution in [1.82, 2.24) is 10.6 Å². The van der Waals surface area contributed by atoms with E-state index in [1.807, 2.05) is 50.2 Å². The number of nitrogens with one attached hydrogen (secondary N) is 2. The number of benzene rings is 2. The number of rotatable bonds is 9. The highest BCUT2D eigenvalue weighted by atomic mass is 16.5. The van der Waals surface area contributed by atoms with E-state index in [9.17, 15) is 19.5 Å². The predicted octanol–water partition coefficient (Wildman–Crippen LogP) is 4.02. The minimum absolute atomic E-state index is 0.0466. The monoisotopic (exact) mass is 452 g/mol. The van der Waals surface area contributed by atoms with Crippen molar-refractivity contribution in [3.8, 4) is 11.1 Å². The molecule has 3 N–H and O–H groups in total. The second kappa shape index (κ2) is 10.5. The number of carboxylic acid groups (broad SMARTS) is 1. The molecule has 1 aliphatic carbocycles. The van der Waals surface area contributed by atoms with Crippen LogP contribution in [0.4, 0.5) is 4.79 Å². The van der Waals surface area contributed by atoms with Gasteiger partial charge in [-0.1, -0.05) is 76.2 Å². The van der Waals surface area contributed by atoms with Gasteiger partial charge in [0.05, 0.1) is 5.92 Å². The Morgan fingerprint density at radius 1 is 0.909 bits per heavy atom. The molecule has 2 aromatic rings. The molecule has 2 atom stereocenters. The van der Waals surface area contributed by atoms with Crippen molar-refractivity contribution < 1.29 is 24.2 Å². The molecule has 2 aromatic carbocycles. The number of hydrogen-bond donors (Lipinski definition) is 3. The van der Waals surface area contributed by atoms with Gasteiger partial charge in [0.1, 0.15) is 12.6 Å². The average Bonchev–Trinajstić information content (AvgIpc) is 3.09. The van der Waals surface area contributed by atoms with Gasteiger partial charge in [-0.25, -0.2) is 9.59 Å². The van der Waals surface area contributed by atoms with Crippen LogP contribution in [0.25, 0.3) is 11.1 Å². The van der Waals surface area contributed by atoms with Gasteiger partial charge in [-0.15, -0.1) is 0 Å². The second-order valence-corrected chi connectivity index (χ2v) is 9.13. The van der Waals surface area contributed by atoms with E-state index in [1.165, 1.54) is 0 Å². The maximum Gasteiger partial charge on any atom is 0.407 e. The van der Waals surface area contributed by atoms with E-state index in [4.69, 9.17) is 4.74 Å². The van der Waals surface area contributed by atoms with E-state index in [0.717, 1.165) is 22.3 Å². The molecule has 3 rings (SSSR count). The molecule has 1 unspecified atom stereocenters. The largest absolute Gasteiger partial charge is 0.480 e. The lowest BCUT2D eigenvalue weighted by atomic mass is 9.93. The smallest absolute Gasteiger partial charge is 0.407 e. The summed E-state index contributed by atoms with van der Waals surface area (Å²) in [5, 5.41) is 14.6. The fraction of sp³-hybridized carbons (Fsp3) is 0.423. The van der Waals surface area contributed by atoms with Gasteiger partial charge < -0.3 is 20.5 Å². The van der Waals surface area contributed by atoms with Crippen LogP contribution < -0.4 is 10.6 Å². The molecule has 0 spiro atoms. The highest BCUT2D eigenvalue weighted by molar-refractivity contribution is 5.85. The SMILES string of the molecule is CC(C)C(CNC(=O)OCC1c2ccccc2-c2ccccc21)C(=O)N[C@H](C(=O)O)C(C)C. The van der Waals surface area contributed by atoms with Crippen LogP contribution in [-0.2, 0) is 14.3 Å². The van der Waals surface area contributed by atoms with Crippen LogP contribution in [-0.4, -0.2) is 42.3 Å². The molecule has 0 fully saturated rings. The second-order valence-electron chi connectivity index (χ2n) is 9.13. The molecule has 0 heterocycles. The highest BCUT2D eigenvalue weighted by Gasteiger charge is 2.31. The summed E-state index contributed by atoms with van der Waals surface area (Å²) in [6.45, 7) is 7.43. The quantitative estimate of drug-likeness (QED) is 0.533. The molecular weight excluding hydrogens is 420 g/mol. The molecule has 0 aromatic heterocycles. The molecule has 7 heteroatoms. The van der Waals surface area contributed by atoms with Crippen molar-refractivity contribution in [2.75, 3.05) is 13.2 Å². The lowest BCUT2D eigenvalue weighted by molar-refractivity contribution is -0.144. The molecule has 1 aliphatic rings. The summed E-state index contributed by atoms with van der Waals surface area (Å²) < 4.78 is 5.53. The summed E-state index contributed by atoms with van der Waals surface area (Å²) in [6, 6.07) is 15.2. The lowest BCUT2D eigenvalue weighted by Gasteiger charge is -2.25. The Kier molecular flexibility index (Phi) is 7.74. The van der Waals surface area contributed by atoms with Gasteiger partial charge in [0, 0.05) is 12.5 Å². The first-order valence-electron chi connectivity index (χ1n) is 11.3. The Labute approximate surface area is 194 Å². The number of carbonyl (C=O) groups is 3. The van der Waals surface area contributed by atoms with Crippen LogP contribution >= 0.6 is 0 Å². The minimum atomic E-state index is -1.08. The molecule has 176 valence electrons. The number of hydrogen-bond acceptors (Lipinski definition) is 4. The Hall–Kier alpha value is -3.35. The lowest BCUT2D eigenvalue weighted by Crippen LogP contribution is -2.49. The molecule has 0 saturated carbocycles. The fourth-order valence-electron chi connectivity index (χ4n) is 4.25. The number of ether oxygens (including phenoxy) is 1. The van der Waals surface area contributed by atoms with Crippen LogP contribution in [0.2, 0.25) is 0 Å². The van der Waals surface area contributed by atoms with Crippen molar-refractivity contribution in [3.05, 3.63) is 59.7 Å². The maximum absolute atomic E-state index is 12.7. The van der Waals surface area contributed by atoms with Gasteiger partial charge in [0.15, 0.2) is 0 Å². The Morgan fingerprint density at radius 3 is 1.94 bits per heavy atom. The van der Waals surface area contributed by atoms with Crippen LogP contribution in [0.5, 0.6) is 0 Å². The first-order valence-corrected chi connectivity index (χ1v) is 11.3. The third-order valence-electron chi connectivity index (χ3n) is 6.18. The summed E-state index contributed by atoms with van der Waals surface area (Å²) in [4.78, 5) is 36.6. The number of carbonyl (C=O) groups excluding carboxylic acids is 2. The number of amides is 2. The zero-order chi connectivity index (χ0) is 24.1. The fourth-order valence-corrected chi connectivity index (χ4v) is 4.25. The van der Waals surface area contributed by atoms with E-state index < -0.39 is 29.9 Å². The van der Waals surface area contributed by atoms with Crippen LogP contribution in [0.3, 0.4) is 0 Å². The van der Waals surface area contributed by atoms with Crippen LogP contribution in [0.1, 0.15) is 44.7 Å². The normalized spacial score (nSPS) is 14.4.